The number of carbonyl (C=O) groups excluding carboxylic acids is 1. The Morgan fingerprint density at radius 2 is 1.95 bits per heavy atom. The zero-order valence-corrected chi connectivity index (χ0v) is 11.3. The average Bonchev–Trinajstić information content (AvgIpc) is 2.55. The number of nitrogens with one attached hydrogen (secondary N) is 1. The van der Waals surface area contributed by atoms with Crippen LogP contribution in [0.4, 0.5) is 11.5 Å². The normalized spacial score (nSPS) is 10.4. The van der Waals surface area contributed by atoms with Gasteiger partial charge in [-0.25, -0.2) is 4.98 Å². The van der Waals surface area contributed by atoms with Crippen molar-refractivity contribution in [3.63, 3.8) is 0 Å². The molecule has 2 heterocycles. The number of hydrogen-bond donors (Lipinski definition) is 1. The Kier molecular flexibility index (Phi) is 3.45. The fourth-order valence-corrected chi connectivity index (χ4v) is 1.98. The molecule has 3 aromatic rings. The molecular weight excluding hydrogens is 284 g/mol. The third kappa shape index (κ3) is 2.73. The van der Waals surface area contributed by atoms with E-state index in [0.29, 0.717) is 5.82 Å². The summed E-state index contributed by atoms with van der Waals surface area (Å²) in [7, 11) is 0. The first-order chi connectivity index (χ1) is 10.6. The van der Waals surface area contributed by atoms with E-state index in [4.69, 9.17) is 0 Å². The average molecular weight is 294 g/mol. The van der Waals surface area contributed by atoms with Gasteiger partial charge in [-0.15, -0.1) is 0 Å². The summed E-state index contributed by atoms with van der Waals surface area (Å²) < 4.78 is 0. The van der Waals surface area contributed by atoms with Gasteiger partial charge in [0.25, 0.3) is 11.6 Å². The molecule has 7 nitrogen and oxygen atoms in total. The van der Waals surface area contributed by atoms with Gasteiger partial charge in [-0.1, -0.05) is 18.2 Å². The monoisotopic (exact) mass is 294 g/mol. The van der Waals surface area contributed by atoms with Crippen LogP contribution >= 0.6 is 0 Å². The smallest absolute Gasteiger partial charge is 0.288 e. The zero-order valence-electron chi connectivity index (χ0n) is 11.3. The van der Waals surface area contributed by atoms with Crippen molar-refractivity contribution < 1.29 is 9.72 Å². The van der Waals surface area contributed by atoms with Gasteiger partial charge in [-0.05, 0) is 18.2 Å². The highest BCUT2D eigenvalue weighted by Crippen LogP contribution is 2.16. The molecule has 2 aromatic heterocycles. The molecule has 0 aliphatic carbocycles. The lowest BCUT2D eigenvalue weighted by atomic mass is 10.2. The lowest BCUT2D eigenvalue weighted by molar-refractivity contribution is -0.385. The molecule has 0 saturated carbocycles. The number of para-hydroxylation sites is 1. The summed E-state index contributed by atoms with van der Waals surface area (Å²) in [5.41, 5.74) is 0.612. The predicted molar refractivity (Wildman–Crippen MR) is 80.6 cm³/mol. The first-order valence-electron chi connectivity index (χ1n) is 6.40. The number of nitro groups is 1. The lowest BCUT2D eigenvalue weighted by Gasteiger charge is -2.05. The fraction of sp³-hybridized carbons (Fsp3) is 0. The number of carbonyl (C=O) groups is 1. The predicted octanol–water partition coefficient (Wildman–Crippen LogP) is 2.79. The third-order valence-electron chi connectivity index (χ3n) is 3.04. The molecule has 22 heavy (non-hydrogen) atoms. The van der Waals surface area contributed by atoms with E-state index >= 15 is 0 Å². The van der Waals surface area contributed by atoms with E-state index in [2.05, 4.69) is 15.3 Å². The minimum absolute atomic E-state index is 0.101. The van der Waals surface area contributed by atoms with Crippen LogP contribution in [-0.4, -0.2) is 20.8 Å². The van der Waals surface area contributed by atoms with E-state index in [-0.39, 0.29) is 11.3 Å². The van der Waals surface area contributed by atoms with Crippen molar-refractivity contribution in [1.29, 1.82) is 0 Å². The Morgan fingerprint density at radius 3 is 2.77 bits per heavy atom. The quantitative estimate of drug-likeness (QED) is 0.591. The Morgan fingerprint density at radius 1 is 1.14 bits per heavy atom. The Balaban J connectivity index is 1.86. The van der Waals surface area contributed by atoms with E-state index in [9.17, 15) is 14.9 Å². The maximum atomic E-state index is 12.1. The molecule has 0 aliphatic rings. The van der Waals surface area contributed by atoms with E-state index in [1.54, 1.807) is 6.07 Å². The largest absolute Gasteiger partial charge is 0.306 e. The van der Waals surface area contributed by atoms with Gasteiger partial charge in [0, 0.05) is 17.6 Å². The fourth-order valence-electron chi connectivity index (χ4n) is 1.98. The number of aromatic nitrogens is 2. The van der Waals surface area contributed by atoms with Crippen LogP contribution in [0.25, 0.3) is 10.9 Å². The molecule has 1 N–H and O–H groups in total. The van der Waals surface area contributed by atoms with Crippen molar-refractivity contribution in [3.05, 3.63) is 70.5 Å². The van der Waals surface area contributed by atoms with Crippen LogP contribution in [0.3, 0.4) is 0 Å². The molecule has 0 bridgehead atoms. The minimum atomic E-state index is -0.599. The summed E-state index contributed by atoms with van der Waals surface area (Å²) >= 11 is 0. The van der Waals surface area contributed by atoms with E-state index in [0.717, 1.165) is 17.1 Å². The SMILES string of the molecule is O=C(Nc1ccc2ccccc2n1)c1cncc([N+](=O)[O-])c1. The Hall–Kier alpha value is -3.35. The van der Waals surface area contributed by atoms with Gasteiger partial charge < -0.3 is 5.32 Å². The van der Waals surface area contributed by atoms with Gasteiger partial charge in [0.1, 0.15) is 12.0 Å². The van der Waals surface area contributed by atoms with Crippen molar-refractivity contribution in [3.8, 4) is 0 Å². The van der Waals surface area contributed by atoms with Gasteiger partial charge >= 0.3 is 0 Å². The molecule has 0 atom stereocenters. The molecule has 3 rings (SSSR count). The number of hydrogen-bond acceptors (Lipinski definition) is 5. The van der Waals surface area contributed by atoms with E-state index in [1.807, 2.05) is 30.3 Å². The first-order valence-corrected chi connectivity index (χ1v) is 6.40. The summed E-state index contributed by atoms with van der Waals surface area (Å²) in [5, 5.41) is 14.3. The molecular formula is C15H10N4O3. The van der Waals surface area contributed by atoms with Crippen LogP contribution in [0.1, 0.15) is 10.4 Å². The van der Waals surface area contributed by atoms with Crippen molar-refractivity contribution in [2.75, 3.05) is 5.32 Å². The molecule has 0 radical (unpaired) electrons. The highest BCUT2D eigenvalue weighted by atomic mass is 16.6. The lowest BCUT2D eigenvalue weighted by Crippen LogP contribution is -2.13. The van der Waals surface area contributed by atoms with Gasteiger partial charge in [-0.3, -0.25) is 19.9 Å². The number of benzene rings is 1. The van der Waals surface area contributed by atoms with Crippen LogP contribution in [0.5, 0.6) is 0 Å². The number of fused-ring (bicyclic) bond motifs is 1. The second-order valence-corrected chi connectivity index (χ2v) is 4.53. The summed E-state index contributed by atoms with van der Waals surface area (Å²) in [6.45, 7) is 0. The van der Waals surface area contributed by atoms with Crippen molar-refractivity contribution in [1.82, 2.24) is 9.97 Å². The topological polar surface area (TPSA) is 98.0 Å². The number of rotatable bonds is 3. The molecule has 7 heteroatoms. The molecule has 1 amide bonds. The Bertz CT molecular complexity index is 879. The van der Waals surface area contributed by atoms with Gasteiger partial charge in [-0.2, -0.15) is 0 Å². The zero-order chi connectivity index (χ0) is 15.5. The second-order valence-electron chi connectivity index (χ2n) is 4.53. The highest BCUT2D eigenvalue weighted by molar-refractivity contribution is 6.04. The van der Waals surface area contributed by atoms with Crippen LogP contribution in [0.15, 0.2) is 54.9 Å². The first kappa shape index (κ1) is 13.6. The number of amides is 1. The summed E-state index contributed by atoms with van der Waals surface area (Å²) in [4.78, 5) is 30.2. The van der Waals surface area contributed by atoms with Crippen LogP contribution in [0.2, 0.25) is 0 Å². The highest BCUT2D eigenvalue weighted by Gasteiger charge is 2.13. The Labute approximate surface area is 124 Å². The van der Waals surface area contributed by atoms with Crippen LogP contribution in [0, 0.1) is 10.1 Å². The maximum absolute atomic E-state index is 12.1. The molecule has 0 spiro atoms. The minimum Gasteiger partial charge on any atom is -0.306 e. The van der Waals surface area contributed by atoms with E-state index < -0.39 is 10.8 Å². The number of pyridine rings is 2. The molecule has 0 unspecified atom stereocenters. The van der Waals surface area contributed by atoms with Gasteiger partial charge in [0.2, 0.25) is 0 Å². The summed E-state index contributed by atoms with van der Waals surface area (Å²) in [5.74, 6) is -0.130. The van der Waals surface area contributed by atoms with Crippen molar-refractivity contribution >= 4 is 28.3 Å². The molecule has 0 fully saturated rings. The number of nitrogens with zero attached hydrogens (tertiary/aromatic N) is 3. The van der Waals surface area contributed by atoms with Crippen LogP contribution < -0.4 is 5.32 Å². The van der Waals surface area contributed by atoms with Gasteiger partial charge in [0.05, 0.1) is 16.0 Å². The molecule has 1 aromatic carbocycles. The standard InChI is InChI=1S/C15H10N4O3/c20-15(11-7-12(19(21)22)9-16-8-11)18-14-6-5-10-3-1-2-4-13(10)17-14/h1-9H,(H,17,18,20). The van der Waals surface area contributed by atoms with Crippen LogP contribution in [-0.2, 0) is 0 Å². The molecule has 0 aliphatic heterocycles. The second kappa shape index (κ2) is 5.57. The maximum Gasteiger partial charge on any atom is 0.288 e. The molecule has 0 saturated heterocycles. The molecule has 108 valence electrons. The van der Waals surface area contributed by atoms with Crippen molar-refractivity contribution in [2.24, 2.45) is 0 Å². The van der Waals surface area contributed by atoms with E-state index in [1.165, 1.54) is 12.3 Å². The van der Waals surface area contributed by atoms with Gasteiger partial charge in [0.15, 0.2) is 0 Å². The number of anilines is 1. The third-order valence-corrected chi connectivity index (χ3v) is 3.04. The summed E-state index contributed by atoms with van der Waals surface area (Å²) in [6, 6.07) is 12.2. The van der Waals surface area contributed by atoms with Crippen molar-refractivity contribution in [2.45, 2.75) is 0 Å². The summed E-state index contributed by atoms with van der Waals surface area (Å²) in [6.07, 6.45) is 2.36.